The van der Waals surface area contributed by atoms with Gasteiger partial charge in [-0.25, -0.2) is 4.39 Å². The van der Waals surface area contributed by atoms with Crippen LogP contribution < -0.4 is 11.1 Å². The van der Waals surface area contributed by atoms with Crippen molar-refractivity contribution in [1.29, 1.82) is 0 Å². The summed E-state index contributed by atoms with van der Waals surface area (Å²) in [4.78, 5) is 1.13. The molecule has 0 saturated carbocycles. The molecule has 2 nitrogen and oxygen atoms in total. The van der Waals surface area contributed by atoms with Crippen molar-refractivity contribution in [2.24, 2.45) is 5.73 Å². The summed E-state index contributed by atoms with van der Waals surface area (Å²) in [6, 6.07) is 10.5. The average molecular weight is 278 g/mol. The smallest absolute Gasteiger partial charge is 0.123 e. The zero-order valence-electron chi connectivity index (χ0n) is 9.39. The van der Waals surface area contributed by atoms with Crippen molar-refractivity contribution in [2.45, 2.75) is 5.37 Å². The quantitative estimate of drug-likeness (QED) is 0.883. The summed E-state index contributed by atoms with van der Waals surface area (Å²) in [5.74, 6) is -0.221. The van der Waals surface area contributed by atoms with Gasteiger partial charge < -0.3 is 11.1 Å². The SMILES string of the molecule is NC1=C(c2cccs2)NC(c2ccc(F)cc2)S1. The largest absolute Gasteiger partial charge is 0.392 e. The van der Waals surface area contributed by atoms with E-state index in [2.05, 4.69) is 5.32 Å². The minimum absolute atomic E-state index is 0.0581. The van der Waals surface area contributed by atoms with Crippen LogP contribution in [0.1, 0.15) is 15.8 Å². The van der Waals surface area contributed by atoms with Crippen LogP contribution in [0.2, 0.25) is 0 Å². The van der Waals surface area contributed by atoms with Crippen LogP contribution in [0.15, 0.2) is 46.8 Å². The number of hydrogen-bond acceptors (Lipinski definition) is 4. The highest BCUT2D eigenvalue weighted by Crippen LogP contribution is 2.41. The molecule has 3 N–H and O–H groups in total. The van der Waals surface area contributed by atoms with E-state index >= 15 is 0 Å². The van der Waals surface area contributed by atoms with Crippen LogP contribution in [0.4, 0.5) is 4.39 Å². The van der Waals surface area contributed by atoms with E-state index in [-0.39, 0.29) is 11.2 Å². The lowest BCUT2D eigenvalue weighted by Gasteiger charge is -2.12. The van der Waals surface area contributed by atoms with Gasteiger partial charge in [-0.15, -0.1) is 11.3 Å². The third-order valence-corrected chi connectivity index (χ3v) is 4.68. The molecular formula is C13H11FN2S2. The zero-order valence-corrected chi connectivity index (χ0v) is 11.0. The number of thiophene rings is 1. The molecule has 2 aromatic rings. The van der Waals surface area contributed by atoms with E-state index in [1.807, 2.05) is 17.5 Å². The molecule has 0 aliphatic carbocycles. The van der Waals surface area contributed by atoms with Crippen LogP contribution in [0, 0.1) is 5.82 Å². The van der Waals surface area contributed by atoms with Crippen LogP contribution in [-0.2, 0) is 0 Å². The number of rotatable bonds is 2. The first-order valence-corrected chi connectivity index (χ1v) is 7.22. The number of halogens is 1. The molecule has 2 heterocycles. The maximum atomic E-state index is 12.9. The van der Waals surface area contributed by atoms with E-state index < -0.39 is 0 Å². The van der Waals surface area contributed by atoms with Gasteiger partial charge in [0.05, 0.1) is 15.6 Å². The molecule has 5 heteroatoms. The van der Waals surface area contributed by atoms with Crippen molar-refractivity contribution >= 4 is 28.8 Å². The Morgan fingerprint density at radius 2 is 1.94 bits per heavy atom. The van der Waals surface area contributed by atoms with Crippen molar-refractivity contribution < 1.29 is 4.39 Å². The Bertz CT molecular complexity index is 576. The molecule has 0 spiro atoms. The summed E-state index contributed by atoms with van der Waals surface area (Å²) < 4.78 is 12.9. The summed E-state index contributed by atoms with van der Waals surface area (Å²) in [6.45, 7) is 0. The molecule has 1 aromatic heterocycles. The Morgan fingerprint density at radius 1 is 1.17 bits per heavy atom. The maximum Gasteiger partial charge on any atom is 0.123 e. The number of nitrogens with two attached hydrogens (primary N) is 1. The Hall–Kier alpha value is -1.46. The molecule has 3 rings (SSSR count). The second kappa shape index (κ2) is 4.66. The first-order chi connectivity index (χ1) is 8.74. The molecule has 1 atom stereocenters. The van der Waals surface area contributed by atoms with Crippen LogP contribution in [0.3, 0.4) is 0 Å². The molecule has 0 bridgehead atoms. The monoisotopic (exact) mass is 278 g/mol. The fourth-order valence-corrected chi connectivity index (χ4v) is 3.64. The summed E-state index contributed by atoms with van der Waals surface area (Å²) >= 11 is 3.21. The van der Waals surface area contributed by atoms with Gasteiger partial charge in [-0.05, 0) is 29.1 Å². The van der Waals surface area contributed by atoms with Crippen LogP contribution in [-0.4, -0.2) is 0 Å². The zero-order chi connectivity index (χ0) is 12.5. The van der Waals surface area contributed by atoms with Crippen molar-refractivity contribution in [3.8, 4) is 0 Å². The van der Waals surface area contributed by atoms with Gasteiger partial charge in [0.15, 0.2) is 0 Å². The Labute approximate surface area is 113 Å². The van der Waals surface area contributed by atoms with E-state index in [1.54, 1.807) is 35.2 Å². The minimum Gasteiger partial charge on any atom is -0.392 e. The fraction of sp³-hybridized carbons (Fsp3) is 0.0769. The summed E-state index contributed by atoms with van der Waals surface area (Å²) in [6.07, 6.45) is 0. The predicted molar refractivity (Wildman–Crippen MR) is 75.3 cm³/mol. The van der Waals surface area contributed by atoms with Crippen molar-refractivity contribution in [2.75, 3.05) is 0 Å². The van der Waals surface area contributed by atoms with Gasteiger partial charge in [0.2, 0.25) is 0 Å². The van der Waals surface area contributed by atoms with Crippen molar-refractivity contribution in [1.82, 2.24) is 5.32 Å². The Kier molecular flexibility index (Phi) is 3.01. The van der Waals surface area contributed by atoms with E-state index in [4.69, 9.17) is 5.73 Å². The fourth-order valence-electron chi connectivity index (χ4n) is 1.82. The van der Waals surface area contributed by atoms with Crippen molar-refractivity contribution in [3.05, 3.63) is 63.1 Å². The summed E-state index contributed by atoms with van der Waals surface area (Å²) in [7, 11) is 0. The first-order valence-electron chi connectivity index (χ1n) is 5.46. The molecule has 0 saturated heterocycles. The highest BCUT2D eigenvalue weighted by molar-refractivity contribution is 8.03. The maximum absolute atomic E-state index is 12.9. The first kappa shape index (κ1) is 11.6. The number of hydrogen-bond donors (Lipinski definition) is 2. The van der Waals surface area contributed by atoms with Gasteiger partial charge in [-0.1, -0.05) is 30.0 Å². The van der Waals surface area contributed by atoms with Gasteiger partial charge in [0.25, 0.3) is 0 Å². The summed E-state index contributed by atoms with van der Waals surface area (Å²) in [5.41, 5.74) is 8.04. The van der Waals surface area contributed by atoms with Gasteiger partial charge in [0, 0.05) is 0 Å². The molecule has 18 heavy (non-hydrogen) atoms. The minimum atomic E-state index is -0.221. The normalized spacial score (nSPS) is 19.1. The molecule has 1 aliphatic heterocycles. The second-order valence-electron chi connectivity index (χ2n) is 3.91. The molecule has 1 aliphatic rings. The molecule has 0 amide bonds. The molecule has 1 aromatic carbocycles. The number of nitrogens with one attached hydrogen (secondary N) is 1. The number of benzene rings is 1. The molecule has 1 unspecified atom stereocenters. The lowest BCUT2D eigenvalue weighted by molar-refractivity contribution is 0.626. The standard InChI is InChI=1S/C13H11FN2S2/c14-9-5-3-8(4-6-9)13-16-11(12(15)18-13)10-2-1-7-17-10/h1-7,13,16H,15H2. The molecular weight excluding hydrogens is 267 g/mol. The summed E-state index contributed by atoms with van der Waals surface area (Å²) in [5, 5.41) is 6.25. The van der Waals surface area contributed by atoms with Crippen molar-refractivity contribution in [3.63, 3.8) is 0 Å². The van der Waals surface area contributed by atoms with Crippen LogP contribution in [0.25, 0.3) is 5.70 Å². The van der Waals surface area contributed by atoms with E-state index in [0.29, 0.717) is 0 Å². The molecule has 0 fully saturated rings. The molecule has 92 valence electrons. The van der Waals surface area contributed by atoms with Crippen LogP contribution in [0.5, 0.6) is 0 Å². The average Bonchev–Trinajstić information content (AvgIpc) is 2.99. The van der Waals surface area contributed by atoms with E-state index in [1.165, 1.54) is 12.1 Å². The third-order valence-electron chi connectivity index (χ3n) is 2.71. The highest BCUT2D eigenvalue weighted by Gasteiger charge is 2.25. The van der Waals surface area contributed by atoms with Gasteiger partial charge in [-0.3, -0.25) is 0 Å². The Balaban J connectivity index is 1.83. The van der Waals surface area contributed by atoms with Crippen LogP contribution >= 0.6 is 23.1 Å². The van der Waals surface area contributed by atoms with Gasteiger partial charge in [0.1, 0.15) is 11.2 Å². The van der Waals surface area contributed by atoms with E-state index in [0.717, 1.165) is 21.2 Å². The highest BCUT2D eigenvalue weighted by atomic mass is 32.2. The topological polar surface area (TPSA) is 38.0 Å². The lowest BCUT2D eigenvalue weighted by Crippen LogP contribution is -2.11. The molecule has 0 radical (unpaired) electrons. The van der Waals surface area contributed by atoms with Gasteiger partial charge >= 0.3 is 0 Å². The van der Waals surface area contributed by atoms with E-state index in [9.17, 15) is 4.39 Å². The Morgan fingerprint density at radius 3 is 2.61 bits per heavy atom. The second-order valence-corrected chi connectivity index (χ2v) is 6.00. The predicted octanol–water partition coefficient (Wildman–Crippen LogP) is 3.51. The van der Waals surface area contributed by atoms with Gasteiger partial charge in [-0.2, -0.15) is 0 Å². The number of thioether (sulfide) groups is 1. The third kappa shape index (κ3) is 2.11. The lowest BCUT2D eigenvalue weighted by atomic mass is 10.2.